The van der Waals surface area contributed by atoms with E-state index in [2.05, 4.69) is 5.32 Å². The van der Waals surface area contributed by atoms with Crippen LogP contribution in [0.1, 0.15) is 36.5 Å². The number of carbonyl (C=O) groups is 3. The number of ketones is 1. The molecular weight excluding hydrogens is 282 g/mol. The SMILES string of the molecule is CCC(=O)CC[C@H](NC(=O)c1ccc(Cl)cc1)C(=O)O. The highest BCUT2D eigenvalue weighted by Crippen LogP contribution is 2.10. The van der Waals surface area contributed by atoms with Crippen LogP contribution < -0.4 is 5.32 Å². The van der Waals surface area contributed by atoms with Gasteiger partial charge in [-0.15, -0.1) is 0 Å². The minimum Gasteiger partial charge on any atom is -0.480 e. The van der Waals surface area contributed by atoms with E-state index in [4.69, 9.17) is 16.7 Å². The lowest BCUT2D eigenvalue weighted by molar-refractivity contribution is -0.139. The molecule has 2 N–H and O–H groups in total. The molecule has 0 heterocycles. The quantitative estimate of drug-likeness (QED) is 0.809. The summed E-state index contributed by atoms with van der Waals surface area (Å²) in [5.41, 5.74) is 0.322. The topological polar surface area (TPSA) is 83.5 Å². The van der Waals surface area contributed by atoms with E-state index in [9.17, 15) is 14.4 Å². The van der Waals surface area contributed by atoms with Crippen molar-refractivity contribution >= 4 is 29.3 Å². The van der Waals surface area contributed by atoms with Crippen molar-refractivity contribution in [2.24, 2.45) is 0 Å². The van der Waals surface area contributed by atoms with Gasteiger partial charge in [0.15, 0.2) is 0 Å². The molecule has 5 nitrogen and oxygen atoms in total. The number of benzene rings is 1. The van der Waals surface area contributed by atoms with Gasteiger partial charge in [0.1, 0.15) is 11.8 Å². The van der Waals surface area contributed by atoms with Gasteiger partial charge in [0.25, 0.3) is 5.91 Å². The zero-order valence-corrected chi connectivity index (χ0v) is 11.8. The molecule has 0 aromatic heterocycles. The van der Waals surface area contributed by atoms with Crippen LogP contribution in [-0.4, -0.2) is 28.8 Å². The highest BCUT2D eigenvalue weighted by atomic mass is 35.5. The minimum atomic E-state index is -1.16. The van der Waals surface area contributed by atoms with Gasteiger partial charge in [-0.3, -0.25) is 9.59 Å². The van der Waals surface area contributed by atoms with Crippen LogP contribution in [-0.2, 0) is 9.59 Å². The summed E-state index contributed by atoms with van der Waals surface area (Å²) in [5.74, 6) is -1.69. The van der Waals surface area contributed by atoms with Crippen LogP contribution in [0, 0.1) is 0 Å². The average Bonchev–Trinajstić information content (AvgIpc) is 2.43. The first-order chi connectivity index (χ1) is 9.43. The molecule has 0 saturated carbocycles. The molecule has 1 aromatic rings. The van der Waals surface area contributed by atoms with E-state index in [0.717, 1.165) is 0 Å². The highest BCUT2D eigenvalue weighted by molar-refractivity contribution is 6.30. The monoisotopic (exact) mass is 297 g/mol. The predicted octanol–water partition coefficient (Wildman–Crippen LogP) is 2.28. The Morgan fingerprint density at radius 3 is 2.35 bits per heavy atom. The van der Waals surface area contributed by atoms with Crippen LogP contribution in [0.5, 0.6) is 0 Å². The summed E-state index contributed by atoms with van der Waals surface area (Å²) in [6.07, 6.45) is 0.577. The van der Waals surface area contributed by atoms with Gasteiger partial charge >= 0.3 is 5.97 Å². The second kappa shape index (κ2) is 7.65. The molecule has 0 bridgehead atoms. The zero-order valence-electron chi connectivity index (χ0n) is 11.1. The summed E-state index contributed by atoms with van der Waals surface area (Å²) in [6, 6.07) is 5.04. The first-order valence-electron chi connectivity index (χ1n) is 6.25. The van der Waals surface area contributed by atoms with Gasteiger partial charge in [-0.25, -0.2) is 4.79 Å². The van der Waals surface area contributed by atoms with Crippen molar-refractivity contribution in [1.29, 1.82) is 0 Å². The maximum absolute atomic E-state index is 11.9. The molecule has 0 spiro atoms. The van der Waals surface area contributed by atoms with Crippen LogP contribution >= 0.6 is 11.6 Å². The molecule has 0 aliphatic heterocycles. The minimum absolute atomic E-state index is 0.0306. The van der Waals surface area contributed by atoms with Crippen molar-refractivity contribution in [1.82, 2.24) is 5.32 Å². The number of amides is 1. The molecule has 0 fully saturated rings. The van der Waals surface area contributed by atoms with Crippen molar-refractivity contribution in [2.75, 3.05) is 0 Å². The summed E-state index contributed by atoms with van der Waals surface area (Å²) in [7, 11) is 0. The molecule has 0 aliphatic rings. The molecule has 1 aromatic carbocycles. The third-order valence-electron chi connectivity index (χ3n) is 2.82. The number of carboxylic acid groups (broad SMARTS) is 1. The third kappa shape index (κ3) is 5.01. The van der Waals surface area contributed by atoms with Gasteiger partial charge in [0.05, 0.1) is 0 Å². The van der Waals surface area contributed by atoms with Crippen LogP contribution in [0.15, 0.2) is 24.3 Å². The Morgan fingerprint density at radius 1 is 1.25 bits per heavy atom. The summed E-state index contributed by atoms with van der Waals surface area (Å²) in [5, 5.41) is 11.9. The first kappa shape index (κ1) is 16.2. The predicted molar refractivity (Wildman–Crippen MR) is 74.9 cm³/mol. The average molecular weight is 298 g/mol. The van der Waals surface area contributed by atoms with E-state index in [1.807, 2.05) is 0 Å². The first-order valence-corrected chi connectivity index (χ1v) is 6.62. The smallest absolute Gasteiger partial charge is 0.326 e. The number of nitrogens with one attached hydrogen (secondary N) is 1. The van der Waals surface area contributed by atoms with Gasteiger partial charge < -0.3 is 10.4 Å². The van der Waals surface area contributed by atoms with Gasteiger partial charge in [0.2, 0.25) is 0 Å². The summed E-state index contributed by atoms with van der Waals surface area (Å²) >= 11 is 5.71. The van der Waals surface area contributed by atoms with Gasteiger partial charge in [-0.05, 0) is 30.7 Å². The van der Waals surface area contributed by atoms with Crippen molar-refractivity contribution in [3.63, 3.8) is 0 Å². The lowest BCUT2D eigenvalue weighted by Gasteiger charge is -2.14. The number of carbonyl (C=O) groups excluding carboxylic acids is 2. The Morgan fingerprint density at radius 2 is 1.85 bits per heavy atom. The molecule has 6 heteroatoms. The van der Waals surface area contributed by atoms with E-state index < -0.39 is 17.9 Å². The maximum atomic E-state index is 11.9. The number of rotatable bonds is 7. The number of carboxylic acids is 1. The van der Waals surface area contributed by atoms with Crippen molar-refractivity contribution in [3.8, 4) is 0 Å². The van der Waals surface area contributed by atoms with Crippen LogP contribution in [0.3, 0.4) is 0 Å². The molecule has 0 aliphatic carbocycles. The molecule has 0 saturated heterocycles. The normalized spacial score (nSPS) is 11.7. The third-order valence-corrected chi connectivity index (χ3v) is 3.07. The Hall–Kier alpha value is -1.88. The lowest BCUT2D eigenvalue weighted by Crippen LogP contribution is -2.41. The fraction of sp³-hybridized carbons (Fsp3) is 0.357. The number of Topliss-reactive ketones (excluding diaryl/α,β-unsaturated/α-hetero) is 1. The molecule has 0 radical (unpaired) electrons. The van der Waals surface area contributed by atoms with Crippen LogP contribution in [0.4, 0.5) is 0 Å². The summed E-state index contributed by atoms with van der Waals surface area (Å²) < 4.78 is 0. The van der Waals surface area contributed by atoms with Gasteiger partial charge in [-0.1, -0.05) is 18.5 Å². The van der Waals surface area contributed by atoms with E-state index in [1.165, 1.54) is 12.1 Å². The van der Waals surface area contributed by atoms with Crippen molar-refractivity contribution < 1.29 is 19.5 Å². The van der Waals surface area contributed by atoms with Gasteiger partial charge in [0, 0.05) is 23.4 Å². The number of halogens is 1. The molecule has 1 rings (SSSR count). The molecule has 1 atom stereocenters. The zero-order chi connectivity index (χ0) is 15.1. The van der Waals surface area contributed by atoms with Crippen LogP contribution in [0.25, 0.3) is 0 Å². The standard InChI is InChI=1S/C14H16ClNO4/c1-2-11(17)7-8-12(14(19)20)16-13(18)9-3-5-10(15)6-4-9/h3-6,12H,2,7-8H2,1H3,(H,16,18)(H,19,20)/t12-/m0/s1. The Bertz CT molecular complexity index is 498. The second-order valence-electron chi connectivity index (χ2n) is 4.30. The highest BCUT2D eigenvalue weighted by Gasteiger charge is 2.21. The summed E-state index contributed by atoms with van der Waals surface area (Å²) in [4.78, 5) is 34.2. The fourth-order valence-corrected chi connectivity index (χ4v) is 1.71. The van der Waals surface area contributed by atoms with Crippen molar-refractivity contribution in [3.05, 3.63) is 34.9 Å². The maximum Gasteiger partial charge on any atom is 0.326 e. The Kier molecular flexibility index (Phi) is 6.18. The summed E-state index contributed by atoms with van der Waals surface area (Å²) in [6.45, 7) is 1.71. The molecular formula is C14H16ClNO4. The number of hydrogen-bond acceptors (Lipinski definition) is 3. The van der Waals surface area contributed by atoms with Crippen LogP contribution in [0.2, 0.25) is 5.02 Å². The molecule has 0 unspecified atom stereocenters. The Balaban J connectivity index is 2.65. The van der Waals surface area contributed by atoms with E-state index in [-0.39, 0.29) is 18.6 Å². The fourth-order valence-electron chi connectivity index (χ4n) is 1.58. The van der Waals surface area contributed by atoms with Crippen molar-refractivity contribution in [2.45, 2.75) is 32.2 Å². The van der Waals surface area contributed by atoms with Gasteiger partial charge in [-0.2, -0.15) is 0 Å². The van der Waals surface area contributed by atoms with E-state index in [0.29, 0.717) is 17.0 Å². The van der Waals surface area contributed by atoms with E-state index >= 15 is 0 Å². The van der Waals surface area contributed by atoms with E-state index in [1.54, 1.807) is 19.1 Å². The number of aliphatic carboxylic acids is 1. The second-order valence-corrected chi connectivity index (χ2v) is 4.74. The molecule has 108 valence electrons. The Labute approximate surface area is 121 Å². The lowest BCUT2D eigenvalue weighted by atomic mass is 10.1. The molecule has 1 amide bonds. The number of hydrogen-bond donors (Lipinski definition) is 2. The molecule has 20 heavy (non-hydrogen) atoms. The largest absolute Gasteiger partial charge is 0.480 e.